The molecule has 0 unspecified atom stereocenters. The van der Waals surface area contributed by atoms with Gasteiger partial charge in [-0.05, 0) is 44.9 Å². The largest absolute Gasteiger partial charge is 0.314 e. The number of carbonyl (C=O) groups is 1. The van der Waals surface area contributed by atoms with Crippen LogP contribution in [0.25, 0.3) is 0 Å². The van der Waals surface area contributed by atoms with Gasteiger partial charge in [-0.25, -0.2) is 0 Å². The SMILES string of the molecule is Cc1ccc(C)c(N(C)C(=O)C(C)(C)C#N)c1. The Morgan fingerprint density at radius 3 is 2.47 bits per heavy atom. The van der Waals surface area contributed by atoms with E-state index in [1.54, 1.807) is 25.8 Å². The lowest BCUT2D eigenvalue weighted by Crippen LogP contribution is -2.38. The maximum Gasteiger partial charge on any atom is 0.246 e. The molecule has 17 heavy (non-hydrogen) atoms. The quantitative estimate of drug-likeness (QED) is 0.784. The first-order valence-electron chi connectivity index (χ1n) is 5.56. The summed E-state index contributed by atoms with van der Waals surface area (Å²) in [5, 5.41) is 8.99. The maximum atomic E-state index is 12.2. The van der Waals surface area contributed by atoms with E-state index in [4.69, 9.17) is 5.26 Å². The van der Waals surface area contributed by atoms with Crippen LogP contribution in [0.4, 0.5) is 5.69 Å². The molecule has 90 valence electrons. The Morgan fingerprint density at radius 1 is 1.35 bits per heavy atom. The van der Waals surface area contributed by atoms with Crippen LogP contribution in [0.15, 0.2) is 18.2 Å². The molecule has 3 nitrogen and oxygen atoms in total. The highest BCUT2D eigenvalue weighted by Gasteiger charge is 2.31. The number of amides is 1. The van der Waals surface area contributed by atoms with Gasteiger partial charge < -0.3 is 4.90 Å². The van der Waals surface area contributed by atoms with Gasteiger partial charge in [-0.1, -0.05) is 12.1 Å². The summed E-state index contributed by atoms with van der Waals surface area (Å²) in [4.78, 5) is 13.7. The second-order valence-corrected chi connectivity index (χ2v) is 4.89. The Labute approximate surface area is 103 Å². The van der Waals surface area contributed by atoms with Crippen LogP contribution >= 0.6 is 0 Å². The topological polar surface area (TPSA) is 44.1 Å². The van der Waals surface area contributed by atoms with Crippen molar-refractivity contribution >= 4 is 11.6 Å². The number of aryl methyl sites for hydroxylation is 2. The van der Waals surface area contributed by atoms with E-state index >= 15 is 0 Å². The highest BCUT2D eigenvalue weighted by atomic mass is 16.2. The first-order chi connectivity index (χ1) is 7.79. The van der Waals surface area contributed by atoms with Crippen molar-refractivity contribution < 1.29 is 4.79 Å². The lowest BCUT2D eigenvalue weighted by Gasteiger charge is -2.25. The van der Waals surface area contributed by atoms with E-state index in [1.165, 1.54) is 0 Å². The Hall–Kier alpha value is -1.82. The fourth-order valence-corrected chi connectivity index (χ4v) is 1.66. The summed E-state index contributed by atoms with van der Waals surface area (Å²) in [6.45, 7) is 7.21. The summed E-state index contributed by atoms with van der Waals surface area (Å²) < 4.78 is 0. The maximum absolute atomic E-state index is 12.2. The summed E-state index contributed by atoms with van der Waals surface area (Å²) >= 11 is 0. The standard InChI is InChI=1S/C14H18N2O/c1-10-6-7-11(2)12(8-10)16(5)13(17)14(3,4)9-15/h6-8H,1-5H3. The van der Waals surface area contributed by atoms with Crippen molar-refractivity contribution in [1.82, 2.24) is 0 Å². The predicted molar refractivity (Wildman–Crippen MR) is 68.7 cm³/mol. The molecule has 0 aliphatic carbocycles. The molecule has 0 heterocycles. The van der Waals surface area contributed by atoms with Crippen molar-refractivity contribution in [1.29, 1.82) is 5.26 Å². The van der Waals surface area contributed by atoms with Crippen molar-refractivity contribution in [3.05, 3.63) is 29.3 Å². The molecule has 1 aromatic rings. The fourth-order valence-electron chi connectivity index (χ4n) is 1.66. The van der Waals surface area contributed by atoms with Gasteiger partial charge in [0.1, 0.15) is 5.41 Å². The lowest BCUT2D eigenvalue weighted by molar-refractivity contribution is -0.123. The first-order valence-corrected chi connectivity index (χ1v) is 5.56. The van der Waals surface area contributed by atoms with Gasteiger partial charge in [0.25, 0.3) is 0 Å². The number of carbonyl (C=O) groups excluding carboxylic acids is 1. The monoisotopic (exact) mass is 230 g/mol. The van der Waals surface area contributed by atoms with Crippen LogP contribution in [0.3, 0.4) is 0 Å². The molecule has 0 spiro atoms. The number of anilines is 1. The van der Waals surface area contributed by atoms with Crippen LogP contribution in [-0.4, -0.2) is 13.0 Å². The second kappa shape index (κ2) is 4.58. The molecular formula is C14H18N2O. The molecule has 0 aliphatic rings. The van der Waals surface area contributed by atoms with Crippen LogP contribution in [0.2, 0.25) is 0 Å². The van der Waals surface area contributed by atoms with E-state index in [1.807, 2.05) is 38.1 Å². The third kappa shape index (κ3) is 2.65. The number of nitriles is 1. The second-order valence-electron chi connectivity index (χ2n) is 4.89. The number of hydrogen-bond donors (Lipinski definition) is 0. The molecule has 0 fully saturated rings. The zero-order valence-corrected chi connectivity index (χ0v) is 11.0. The molecule has 1 aromatic carbocycles. The molecule has 0 aliphatic heterocycles. The Balaban J connectivity index is 3.14. The highest BCUT2D eigenvalue weighted by Crippen LogP contribution is 2.25. The molecule has 1 amide bonds. The highest BCUT2D eigenvalue weighted by molar-refractivity contribution is 5.99. The van der Waals surface area contributed by atoms with Gasteiger partial charge in [-0.15, -0.1) is 0 Å². The average molecular weight is 230 g/mol. The number of hydrogen-bond acceptors (Lipinski definition) is 2. The summed E-state index contributed by atoms with van der Waals surface area (Å²) in [5.41, 5.74) is 1.99. The smallest absolute Gasteiger partial charge is 0.246 e. The van der Waals surface area contributed by atoms with Gasteiger partial charge in [-0.3, -0.25) is 4.79 Å². The van der Waals surface area contributed by atoms with Crippen LogP contribution in [0.5, 0.6) is 0 Å². The summed E-state index contributed by atoms with van der Waals surface area (Å²) in [6, 6.07) is 7.98. The van der Waals surface area contributed by atoms with E-state index in [9.17, 15) is 4.79 Å². The minimum Gasteiger partial charge on any atom is -0.314 e. The van der Waals surface area contributed by atoms with Crippen molar-refractivity contribution in [2.45, 2.75) is 27.7 Å². The Morgan fingerprint density at radius 2 is 1.94 bits per heavy atom. The van der Waals surface area contributed by atoms with Crippen molar-refractivity contribution in [2.75, 3.05) is 11.9 Å². The van der Waals surface area contributed by atoms with E-state index in [-0.39, 0.29) is 5.91 Å². The first kappa shape index (κ1) is 13.2. The van der Waals surface area contributed by atoms with Crippen molar-refractivity contribution in [2.24, 2.45) is 5.41 Å². The third-order valence-electron chi connectivity index (χ3n) is 2.84. The number of nitrogens with zero attached hydrogens (tertiary/aromatic N) is 2. The van der Waals surface area contributed by atoms with Crippen molar-refractivity contribution in [3.8, 4) is 6.07 Å². The minimum atomic E-state index is -0.995. The molecule has 0 radical (unpaired) electrons. The summed E-state index contributed by atoms with van der Waals surface area (Å²) in [7, 11) is 1.71. The van der Waals surface area contributed by atoms with E-state index in [2.05, 4.69) is 0 Å². The van der Waals surface area contributed by atoms with Crippen molar-refractivity contribution in [3.63, 3.8) is 0 Å². The summed E-state index contributed by atoms with van der Waals surface area (Å²) in [5.74, 6) is -0.186. The fraction of sp³-hybridized carbons (Fsp3) is 0.429. The van der Waals surface area contributed by atoms with Crippen LogP contribution in [0, 0.1) is 30.6 Å². The Bertz CT molecular complexity index is 483. The van der Waals surface area contributed by atoms with Gasteiger partial charge in [0.15, 0.2) is 0 Å². The van der Waals surface area contributed by atoms with Gasteiger partial charge in [0, 0.05) is 12.7 Å². The molecule has 0 bridgehead atoms. The molecule has 1 rings (SSSR count). The molecule has 0 N–H and O–H groups in total. The minimum absolute atomic E-state index is 0.186. The molecule has 3 heteroatoms. The summed E-state index contributed by atoms with van der Waals surface area (Å²) in [6.07, 6.45) is 0. The van der Waals surface area contributed by atoms with E-state index in [0.717, 1.165) is 16.8 Å². The molecule has 0 saturated carbocycles. The normalized spacial score (nSPS) is 10.8. The average Bonchev–Trinajstić information content (AvgIpc) is 2.30. The zero-order chi connectivity index (χ0) is 13.2. The van der Waals surface area contributed by atoms with Gasteiger partial charge in [0.05, 0.1) is 6.07 Å². The zero-order valence-electron chi connectivity index (χ0n) is 11.0. The van der Waals surface area contributed by atoms with Gasteiger partial charge >= 0.3 is 0 Å². The molecule has 0 saturated heterocycles. The van der Waals surface area contributed by atoms with E-state index in [0.29, 0.717) is 0 Å². The van der Waals surface area contributed by atoms with Gasteiger partial charge in [0.2, 0.25) is 5.91 Å². The van der Waals surface area contributed by atoms with Crippen LogP contribution in [-0.2, 0) is 4.79 Å². The number of benzene rings is 1. The number of rotatable bonds is 2. The molecule has 0 atom stereocenters. The Kier molecular flexibility index (Phi) is 3.57. The molecule has 0 aromatic heterocycles. The third-order valence-corrected chi connectivity index (χ3v) is 2.84. The van der Waals surface area contributed by atoms with Gasteiger partial charge in [-0.2, -0.15) is 5.26 Å². The van der Waals surface area contributed by atoms with Crippen LogP contribution in [0.1, 0.15) is 25.0 Å². The lowest BCUT2D eigenvalue weighted by atomic mass is 9.93. The molecular weight excluding hydrogens is 212 g/mol. The van der Waals surface area contributed by atoms with E-state index < -0.39 is 5.41 Å². The van der Waals surface area contributed by atoms with Crippen LogP contribution < -0.4 is 4.90 Å². The predicted octanol–water partition coefficient (Wildman–Crippen LogP) is 2.82.